The highest BCUT2D eigenvalue weighted by atomic mass is 79.9. The number of piperidine rings is 1. The Kier molecular flexibility index (Phi) is 6.89. The lowest BCUT2D eigenvalue weighted by atomic mass is 10.0. The topological polar surface area (TPSA) is 58.6 Å². The second-order valence-corrected chi connectivity index (χ2v) is 6.63. The van der Waals surface area contributed by atoms with Crippen molar-refractivity contribution in [1.29, 1.82) is 0 Å². The average molecular weight is 383 g/mol. The highest BCUT2D eigenvalue weighted by Gasteiger charge is 2.24. The zero-order chi connectivity index (χ0) is 16.7. The number of hydrogen-bond donors (Lipinski definition) is 1. The quantitative estimate of drug-likeness (QED) is 0.791. The first-order valence-corrected chi connectivity index (χ1v) is 8.87. The molecule has 1 aliphatic rings. The van der Waals surface area contributed by atoms with Crippen molar-refractivity contribution in [3.63, 3.8) is 0 Å². The van der Waals surface area contributed by atoms with Gasteiger partial charge in [0.1, 0.15) is 0 Å². The third-order valence-electron chi connectivity index (χ3n) is 3.90. The van der Waals surface area contributed by atoms with Gasteiger partial charge in [-0.05, 0) is 37.5 Å². The van der Waals surface area contributed by atoms with Gasteiger partial charge in [-0.15, -0.1) is 0 Å². The molecule has 0 aliphatic carbocycles. The Labute approximate surface area is 145 Å². The predicted octanol–water partition coefficient (Wildman–Crippen LogP) is 3.58. The highest BCUT2D eigenvalue weighted by Crippen LogP contribution is 2.15. The molecule has 0 bridgehead atoms. The van der Waals surface area contributed by atoms with Gasteiger partial charge in [0, 0.05) is 29.2 Å². The minimum absolute atomic E-state index is 0.0738. The van der Waals surface area contributed by atoms with Gasteiger partial charge in [0.25, 0.3) is 5.91 Å². The van der Waals surface area contributed by atoms with E-state index in [2.05, 4.69) is 28.2 Å². The lowest BCUT2D eigenvalue weighted by Gasteiger charge is -2.31. The largest absolute Gasteiger partial charge is 0.449 e. The number of hydrogen-bond acceptors (Lipinski definition) is 3. The number of ether oxygens (including phenoxy) is 1. The van der Waals surface area contributed by atoms with E-state index in [0.29, 0.717) is 25.3 Å². The van der Waals surface area contributed by atoms with Crippen molar-refractivity contribution >= 4 is 27.9 Å². The Balaban J connectivity index is 1.76. The van der Waals surface area contributed by atoms with Gasteiger partial charge in [0.05, 0.1) is 6.61 Å². The van der Waals surface area contributed by atoms with E-state index in [-0.39, 0.29) is 18.0 Å². The summed E-state index contributed by atoms with van der Waals surface area (Å²) in [5.41, 5.74) is 0.640. The number of nitrogens with zero attached hydrogens (tertiary/aromatic N) is 1. The van der Waals surface area contributed by atoms with E-state index < -0.39 is 0 Å². The Morgan fingerprint density at radius 3 is 2.74 bits per heavy atom. The van der Waals surface area contributed by atoms with Gasteiger partial charge in [0.15, 0.2) is 0 Å². The summed E-state index contributed by atoms with van der Waals surface area (Å²) in [7, 11) is 0. The number of halogens is 1. The summed E-state index contributed by atoms with van der Waals surface area (Å²) in [5, 5.41) is 3.04. The van der Waals surface area contributed by atoms with E-state index in [0.717, 1.165) is 30.2 Å². The monoisotopic (exact) mass is 382 g/mol. The van der Waals surface area contributed by atoms with Crippen LogP contribution in [0.15, 0.2) is 28.7 Å². The van der Waals surface area contributed by atoms with Gasteiger partial charge in [0.2, 0.25) is 0 Å². The molecule has 2 amide bonds. The highest BCUT2D eigenvalue weighted by molar-refractivity contribution is 9.10. The van der Waals surface area contributed by atoms with Crippen LogP contribution in [0.1, 0.15) is 43.0 Å². The molecule has 0 atom stereocenters. The number of benzene rings is 1. The summed E-state index contributed by atoms with van der Waals surface area (Å²) < 4.78 is 6.10. The van der Waals surface area contributed by atoms with Crippen molar-refractivity contribution in [2.75, 3.05) is 19.7 Å². The van der Waals surface area contributed by atoms with Gasteiger partial charge < -0.3 is 15.0 Å². The maximum absolute atomic E-state index is 12.2. The van der Waals surface area contributed by atoms with Crippen LogP contribution in [0.25, 0.3) is 0 Å². The fourth-order valence-corrected chi connectivity index (χ4v) is 2.90. The number of carbonyl (C=O) groups excluding carboxylic acids is 2. The van der Waals surface area contributed by atoms with Crippen LogP contribution in [-0.4, -0.2) is 42.6 Å². The first kappa shape index (κ1) is 17.8. The Morgan fingerprint density at radius 1 is 1.35 bits per heavy atom. The fraction of sp³-hybridized carbons (Fsp3) is 0.529. The van der Waals surface area contributed by atoms with Crippen molar-refractivity contribution in [2.45, 2.75) is 38.6 Å². The Morgan fingerprint density at radius 2 is 2.09 bits per heavy atom. The maximum Gasteiger partial charge on any atom is 0.409 e. The Bertz CT molecular complexity index is 542. The number of nitrogens with one attached hydrogen (secondary N) is 1. The molecular weight excluding hydrogens is 360 g/mol. The molecule has 1 aromatic carbocycles. The van der Waals surface area contributed by atoms with Gasteiger partial charge in [-0.1, -0.05) is 35.3 Å². The zero-order valence-corrected chi connectivity index (χ0v) is 15.0. The van der Waals surface area contributed by atoms with E-state index in [1.807, 2.05) is 12.1 Å². The molecule has 0 unspecified atom stereocenters. The van der Waals surface area contributed by atoms with Crippen molar-refractivity contribution in [1.82, 2.24) is 10.2 Å². The van der Waals surface area contributed by atoms with E-state index in [9.17, 15) is 9.59 Å². The maximum atomic E-state index is 12.2. The molecule has 1 aliphatic heterocycles. The van der Waals surface area contributed by atoms with Gasteiger partial charge in [-0.3, -0.25) is 4.79 Å². The number of likely N-dealkylation sites (tertiary alicyclic amines) is 1. The summed E-state index contributed by atoms with van der Waals surface area (Å²) in [6.45, 7) is 3.78. The van der Waals surface area contributed by atoms with Gasteiger partial charge in [-0.2, -0.15) is 0 Å². The lowest BCUT2D eigenvalue weighted by Crippen LogP contribution is -2.46. The fourth-order valence-electron chi connectivity index (χ4n) is 2.50. The number of rotatable bonds is 5. The smallest absolute Gasteiger partial charge is 0.409 e. The van der Waals surface area contributed by atoms with Crippen molar-refractivity contribution in [3.05, 3.63) is 34.3 Å². The summed E-state index contributed by atoms with van der Waals surface area (Å²) in [6.07, 6.45) is 3.17. The van der Waals surface area contributed by atoms with Gasteiger partial charge >= 0.3 is 6.09 Å². The van der Waals surface area contributed by atoms with Crippen molar-refractivity contribution in [2.24, 2.45) is 0 Å². The van der Waals surface area contributed by atoms with E-state index >= 15 is 0 Å². The first-order valence-electron chi connectivity index (χ1n) is 8.08. The predicted molar refractivity (Wildman–Crippen MR) is 92.5 cm³/mol. The van der Waals surface area contributed by atoms with Crippen molar-refractivity contribution < 1.29 is 14.3 Å². The third kappa shape index (κ3) is 5.53. The second kappa shape index (κ2) is 8.91. The summed E-state index contributed by atoms with van der Waals surface area (Å²) in [4.78, 5) is 25.8. The van der Waals surface area contributed by atoms with Gasteiger partial charge in [-0.25, -0.2) is 4.79 Å². The summed E-state index contributed by atoms with van der Waals surface area (Å²) in [6, 6.07) is 7.42. The number of carbonyl (C=O) groups is 2. The molecule has 1 saturated heterocycles. The molecule has 6 heteroatoms. The van der Waals surface area contributed by atoms with Crippen LogP contribution >= 0.6 is 15.9 Å². The molecular formula is C17H23BrN2O3. The molecule has 1 N–H and O–H groups in total. The third-order valence-corrected chi connectivity index (χ3v) is 4.39. The van der Waals surface area contributed by atoms with Crippen LogP contribution in [0.2, 0.25) is 0 Å². The van der Waals surface area contributed by atoms with Crippen LogP contribution in [-0.2, 0) is 4.74 Å². The molecule has 126 valence electrons. The molecule has 2 rings (SSSR count). The minimum Gasteiger partial charge on any atom is -0.449 e. The SMILES string of the molecule is CCCCOC(=O)N1CCC(NC(=O)c2cccc(Br)c2)CC1. The van der Waals surface area contributed by atoms with Crippen LogP contribution in [0.3, 0.4) is 0 Å². The van der Waals surface area contributed by atoms with Crippen LogP contribution in [0, 0.1) is 0 Å². The molecule has 5 nitrogen and oxygen atoms in total. The molecule has 0 saturated carbocycles. The summed E-state index contributed by atoms with van der Waals surface area (Å²) in [5.74, 6) is -0.0738. The molecule has 0 radical (unpaired) electrons. The average Bonchev–Trinajstić information content (AvgIpc) is 2.55. The Hall–Kier alpha value is -1.56. The standard InChI is InChI=1S/C17H23BrN2O3/c1-2-3-11-23-17(22)20-9-7-15(8-10-20)19-16(21)13-5-4-6-14(18)12-13/h4-6,12,15H,2-3,7-11H2,1H3,(H,19,21). The molecule has 23 heavy (non-hydrogen) atoms. The molecule has 0 aromatic heterocycles. The molecule has 1 fully saturated rings. The van der Waals surface area contributed by atoms with Crippen molar-refractivity contribution in [3.8, 4) is 0 Å². The van der Waals surface area contributed by atoms with Crippen LogP contribution in [0.5, 0.6) is 0 Å². The minimum atomic E-state index is -0.241. The normalized spacial score (nSPS) is 15.3. The second-order valence-electron chi connectivity index (χ2n) is 5.71. The number of unbranched alkanes of at least 4 members (excludes halogenated alkanes) is 1. The van der Waals surface area contributed by atoms with E-state index in [4.69, 9.17) is 4.74 Å². The lowest BCUT2D eigenvalue weighted by molar-refractivity contribution is 0.0836. The summed E-state index contributed by atoms with van der Waals surface area (Å²) >= 11 is 3.37. The molecule has 1 aromatic rings. The van der Waals surface area contributed by atoms with E-state index in [1.165, 1.54) is 0 Å². The molecule has 0 spiro atoms. The number of amides is 2. The molecule has 1 heterocycles. The zero-order valence-electron chi connectivity index (χ0n) is 13.4. The van der Waals surface area contributed by atoms with Crippen LogP contribution < -0.4 is 5.32 Å². The first-order chi connectivity index (χ1) is 11.1. The van der Waals surface area contributed by atoms with Crippen LogP contribution in [0.4, 0.5) is 4.79 Å². The van der Waals surface area contributed by atoms with E-state index in [1.54, 1.807) is 17.0 Å².